The molecule has 1 N–H and O–H groups in total. The zero-order chi connectivity index (χ0) is 14.2. The molecule has 3 nitrogen and oxygen atoms in total. The summed E-state index contributed by atoms with van der Waals surface area (Å²) < 4.78 is 49.9. The number of rotatable bonds is 2. The molecule has 2 atom stereocenters. The Morgan fingerprint density at radius 2 is 1.89 bits per heavy atom. The quantitative estimate of drug-likeness (QED) is 0.854. The predicted octanol–water partition coefficient (Wildman–Crippen LogP) is 2.62. The Balaban J connectivity index is 2.39. The second-order valence-electron chi connectivity index (χ2n) is 4.63. The minimum atomic E-state index is -3.44. The van der Waals surface area contributed by atoms with Crippen LogP contribution >= 0.6 is 11.6 Å². The van der Waals surface area contributed by atoms with Crippen molar-refractivity contribution in [3.05, 3.63) is 34.4 Å². The van der Waals surface area contributed by atoms with Gasteiger partial charge in [0.15, 0.2) is 21.5 Å². The maximum Gasteiger partial charge on any atom is 0.160 e. The van der Waals surface area contributed by atoms with Crippen LogP contribution in [0, 0.1) is 11.6 Å². The first-order valence-corrected chi connectivity index (χ1v) is 7.96. The molecular weight excluding hydrogens is 298 g/mol. The normalized spacial score (nSPS) is 24.1. The van der Waals surface area contributed by atoms with Gasteiger partial charge in [0.2, 0.25) is 0 Å². The number of benzene rings is 1. The van der Waals surface area contributed by atoms with E-state index in [1.807, 2.05) is 0 Å². The fourth-order valence-electron chi connectivity index (χ4n) is 2.30. The van der Waals surface area contributed by atoms with Crippen molar-refractivity contribution in [1.82, 2.24) is 0 Å². The topological polar surface area (TPSA) is 54.4 Å². The molecule has 106 valence electrons. The van der Waals surface area contributed by atoms with E-state index in [4.69, 9.17) is 11.6 Å². The van der Waals surface area contributed by atoms with Gasteiger partial charge in [0.05, 0.1) is 17.1 Å². The standard InChI is InChI=1S/C12H13ClF2O3S/c13-8-6-10(15)9(14)5-7(8)12(16)11-3-1-2-4-19(11,17)18/h5-6,11-12,16H,1-4H2. The van der Waals surface area contributed by atoms with Gasteiger partial charge in [-0.05, 0) is 25.0 Å². The molecule has 1 aliphatic rings. The maximum absolute atomic E-state index is 13.2. The van der Waals surface area contributed by atoms with Crippen molar-refractivity contribution in [2.45, 2.75) is 30.6 Å². The lowest BCUT2D eigenvalue weighted by Gasteiger charge is -2.27. The Hall–Kier alpha value is -0.720. The summed E-state index contributed by atoms with van der Waals surface area (Å²) >= 11 is 5.75. The highest BCUT2D eigenvalue weighted by atomic mass is 35.5. The van der Waals surface area contributed by atoms with Gasteiger partial charge in [-0.25, -0.2) is 17.2 Å². The van der Waals surface area contributed by atoms with Crippen molar-refractivity contribution in [2.75, 3.05) is 5.75 Å². The molecule has 0 saturated carbocycles. The van der Waals surface area contributed by atoms with Crippen LogP contribution in [0.15, 0.2) is 12.1 Å². The zero-order valence-electron chi connectivity index (χ0n) is 9.94. The summed E-state index contributed by atoms with van der Waals surface area (Å²) in [5.74, 6) is -2.30. The van der Waals surface area contributed by atoms with E-state index in [-0.39, 0.29) is 16.3 Å². The molecule has 0 aliphatic carbocycles. The molecule has 2 rings (SSSR count). The van der Waals surface area contributed by atoms with E-state index < -0.39 is 32.8 Å². The van der Waals surface area contributed by atoms with Crippen molar-refractivity contribution in [2.24, 2.45) is 0 Å². The highest BCUT2D eigenvalue weighted by molar-refractivity contribution is 7.92. The molecule has 19 heavy (non-hydrogen) atoms. The Bertz CT molecular complexity index is 589. The van der Waals surface area contributed by atoms with Crippen LogP contribution in [0.25, 0.3) is 0 Å². The molecule has 2 unspecified atom stereocenters. The fraction of sp³-hybridized carbons (Fsp3) is 0.500. The van der Waals surface area contributed by atoms with Gasteiger partial charge in [-0.3, -0.25) is 0 Å². The molecule has 1 heterocycles. The summed E-state index contributed by atoms with van der Waals surface area (Å²) in [6, 6.07) is 1.50. The smallest absolute Gasteiger partial charge is 0.160 e. The number of sulfone groups is 1. The molecule has 0 spiro atoms. The molecule has 0 bridgehead atoms. The molecule has 7 heteroatoms. The van der Waals surface area contributed by atoms with Gasteiger partial charge in [0.1, 0.15) is 0 Å². The Morgan fingerprint density at radius 1 is 1.26 bits per heavy atom. The molecule has 1 fully saturated rings. The molecule has 1 aromatic carbocycles. The van der Waals surface area contributed by atoms with E-state index in [1.165, 1.54) is 0 Å². The van der Waals surface area contributed by atoms with Gasteiger partial charge in [0.25, 0.3) is 0 Å². The van der Waals surface area contributed by atoms with Crippen LogP contribution in [0.2, 0.25) is 5.02 Å². The van der Waals surface area contributed by atoms with Crippen LogP contribution in [0.5, 0.6) is 0 Å². The van der Waals surface area contributed by atoms with Gasteiger partial charge in [-0.1, -0.05) is 18.0 Å². The van der Waals surface area contributed by atoms with E-state index >= 15 is 0 Å². The third-order valence-electron chi connectivity index (χ3n) is 3.34. The molecule has 1 aliphatic heterocycles. The summed E-state index contributed by atoms with van der Waals surface area (Å²) in [5, 5.41) is 8.94. The largest absolute Gasteiger partial charge is 0.387 e. The SMILES string of the molecule is O=S1(=O)CCCCC1C(O)c1cc(F)c(F)cc1Cl. The van der Waals surface area contributed by atoms with Gasteiger partial charge < -0.3 is 5.11 Å². The summed E-state index contributed by atoms with van der Waals surface area (Å²) in [4.78, 5) is 0. The highest BCUT2D eigenvalue weighted by Gasteiger charge is 2.36. The van der Waals surface area contributed by atoms with Crippen LogP contribution < -0.4 is 0 Å². The lowest BCUT2D eigenvalue weighted by molar-refractivity contribution is 0.164. The van der Waals surface area contributed by atoms with E-state index in [2.05, 4.69) is 0 Å². The van der Waals surface area contributed by atoms with Crippen molar-refractivity contribution in [3.63, 3.8) is 0 Å². The number of hydrogen-bond acceptors (Lipinski definition) is 3. The number of hydrogen-bond donors (Lipinski definition) is 1. The van der Waals surface area contributed by atoms with E-state index in [0.29, 0.717) is 19.3 Å². The number of aliphatic hydroxyl groups is 1. The predicted molar refractivity (Wildman–Crippen MR) is 67.8 cm³/mol. The van der Waals surface area contributed by atoms with Gasteiger partial charge in [-0.15, -0.1) is 0 Å². The fourth-order valence-corrected chi connectivity index (χ4v) is 4.54. The van der Waals surface area contributed by atoms with Crippen molar-refractivity contribution >= 4 is 21.4 Å². The minimum Gasteiger partial charge on any atom is -0.387 e. The number of aliphatic hydroxyl groups excluding tert-OH is 1. The molecule has 0 aromatic heterocycles. The van der Waals surface area contributed by atoms with Crippen LogP contribution in [-0.4, -0.2) is 24.5 Å². The van der Waals surface area contributed by atoms with E-state index in [9.17, 15) is 22.3 Å². The molecule has 0 amide bonds. The summed E-state index contributed by atoms with van der Waals surface area (Å²) in [7, 11) is -3.44. The van der Waals surface area contributed by atoms with Gasteiger partial charge in [0, 0.05) is 10.6 Å². The summed E-state index contributed by atoms with van der Waals surface area (Å²) in [6.45, 7) is 0. The van der Waals surface area contributed by atoms with Crippen molar-refractivity contribution in [1.29, 1.82) is 0 Å². The lowest BCUT2D eigenvalue weighted by Crippen LogP contribution is -2.34. The molecule has 0 radical (unpaired) electrons. The first-order chi connectivity index (χ1) is 8.83. The Kier molecular flexibility index (Phi) is 4.13. The second-order valence-corrected chi connectivity index (χ2v) is 7.38. The average Bonchev–Trinajstić information content (AvgIpc) is 2.32. The molecule has 1 saturated heterocycles. The lowest BCUT2D eigenvalue weighted by atomic mass is 10.0. The summed E-state index contributed by atoms with van der Waals surface area (Å²) in [5.41, 5.74) is -0.0870. The summed E-state index contributed by atoms with van der Waals surface area (Å²) in [6.07, 6.45) is 0.0749. The Labute approximate surface area is 115 Å². The first-order valence-electron chi connectivity index (χ1n) is 5.87. The van der Waals surface area contributed by atoms with Crippen LogP contribution in [0.4, 0.5) is 8.78 Å². The number of halogens is 3. The van der Waals surface area contributed by atoms with Crippen molar-refractivity contribution < 1.29 is 22.3 Å². The van der Waals surface area contributed by atoms with Gasteiger partial charge in [-0.2, -0.15) is 0 Å². The maximum atomic E-state index is 13.2. The molecular formula is C12H13ClF2O3S. The third kappa shape index (κ3) is 2.90. The van der Waals surface area contributed by atoms with Crippen molar-refractivity contribution in [3.8, 4) is 0 Å². The Morgan fingerprint density at radius 3 is 2.53 bits per heavy atom. The zero-order valence-corrected chi connectivity index (χ0v) is 11.5. The van der Waals surface area contributed by atoms with Crippen LogP contribution in [-0.2, 0) is 9.84 Å². The first kappa shape index (κ1) is 14.7. The van der Waals surface area contributed by atoms with Crippen LogP contribution in [0.1, 0.15) is 30.9 Å². The van der Waals surface area contributed by atoms with E-state index in [0.717, 1.165) is 12.1 Å². The average molecular weight is 311 g/mol. The highest BCUT2D eigenvalue weighted by Crippen LogP contribution is 2.34. The van der Waals surface area contributed by atoms with E-state index in [1.54, 1.807) is 0 Å². The third-order valence-corrected chi connectivity index (χ3v) is 5.94. The minimum absolute atomic E-state index is 0.00395. The second kappa shape index (κ2) is 5.34. The van der Waals surface area contributed by atoms with Gasteiger partial charge >= 0.3 is 0 Å². The monoisotopic (exact) mass is 310 g/mol. The van der Waals surface area contributed by atoms with Crippen LogP contribution in [0.3, 0.4) is 0 Å². The molecule has 1 aromatic rings.